The molecule has 0 atom stereocenters. The van der Waals surface area contributed by atoms with Crippen LogP contribution in [-0.2, 0) is 0 Å². The van der Waals surface area contributed by atoms with E-state index in [4.69, 9.17) is 0 Å². The van der Waals surface area contributed by atoms with Gasteiger partial charge in [0.1, 0.15) is 0 Å². The molecule has 0 aromatic heterocycles. The summed E-state index contributed by atoms with van der Waals surface area (Å²) in [6.07, 6.45) is 12.7. The van der Waals surface area contributed by atoms with Gasteiger partial charge in [-0.25, -0.2) is 0 Å². The van der Waals surface area contributed by atoms with E-state index < -0.39 is 0 Å². The zero-order chi connectivity index (χ0) is 12.8. The molecular weight excluding hydrogens is 208 g/mol. The summed E-state index contributed by atoms with van der Waals surface area (Å²) in [5.41, 5.74) is 0. The van der Waals surface area contributed by atoms with Gasteiger partial charge in [0, 0.05) is 13.0 Å². The minimum absolute atomic E-state index is 1.20. The van der Waals surface area contributed by atoms with Gasteiger partial charge in [0.05, 0.1) is 20.6 Å². The van der Waals surface area contributed by atoms with E-state index in [0.29, 0.717) is 0 Å². The minimum Gasteiger partial charge on any atom is -0.340 e. The second kappa shape index (κ2) is 14.0. The van der Waals surface area contributed by atoms with Crippen molar-refractivity contribution in [3.63, 3.8) is 0 Å². The van der Waals surface area contributed by atoms with Crippen molar-refractivity contribution >= 4 is 0 Å². The van der Waals surface area contributed by atoms with E-state index in [9.17, 15) is 0 Å². The lowest BCUT2D eigenvalue weighted by Crippen LogP contribution is -3.05. The summed E-state index contributed by atoms with van der Waals surface area (Å²) in [6.45, 7) is 5.98. The Morgan fingerprint density at radius 3 is 1.82 bits per heavy atom. The number of hydrogen-bond donors (Lipinski definition) is 2. The molecule has 0 radical (unpaired) electrons. The fourth-order valence-electron chi connectivity index (χ4n) is 2.08. The molecule has 0 heterocycles. The normalized spacial score (nSPS) is 11.3. The van der Waals surface area contributed by atoms with Gasteiger partial charge in [-0.15, -0.1) is 0 Å². The topological polar surface area (TPSA) is 16.5 Å². The Morgan fingerprint density at radius 1 is 0.706 bits per heavy atom. The lowest BCUT2D eigenvalue weighted by atomic mass is 10.1. The van der Waals surface area contributed by atoms with Crippen LogP contribution in [0.3, 0.4) is 0 Å². The van der Waals surface area contributed by atoms with Crippen LogP contribution in [0.4, 0.5) is 0 Å². The van der Waals surface area contributed by atoms with Crippen molar-refractivity contribution in [2.45, 2.75) is 64.7 Å². The smallest absolute Gasteiger partial charge is 0.0779 e. The molecule has 0 amide bonds. The van der Waals surface area contributed by atoms with Crippen LogP contribution in [0.25, 0.3) is 0 Å². The Hall–Kier alpha value is -0.0800. The predicted octanol–water partition coefficient (Wildman–Crippen LogP) is 2.25. The molecule has 2 heteroatoms. The second-order valence-electron chi connectivity index (χ2n) is 5.54. The first-order chi connectivity index (χ1) is 8.27. The standard InChI is InChI=1S/C15H34N2/c1-4-5-6-7-8-9-10-11-13-16-14-12-15-17(2)3/h16H,4-15H2,1-3H3/p+1. The van der Waals surface area contributed by atoms with E-state index in [1.54, 1.807) is 4.90 Å². The van der Waals surface area contributed by atoms with Gasteiger partial charge in [-0.3, -0.25) is 0 Å². The van der Waals surface area contributed by atoms with Gasteiger partial charge in [0.2, 0.25) is 0 Å². The maximum Gasteiger partial charge on any atom is 0.0779 e. The number of rotatable bonds is 13. The van der Waals surface area contributed by atoms with E-state index in [2.05, 4.69) is 26.3 Å². The fraction of sp³-hybridized carbons (Fsp3) is 1.00. The number of hydrogen-bond acceptors (Lipinski definition) is 1. The van der Waals surface area contributed by atoms with Crippen molar-refractivity contribution in [1.29, 1.82) is 0 Å². The van der Waals surface area contributed by atoms with Crippen LogP contribution in [0.2, 0.25) is 0 Å². The average molecular weight is 243 g/mol. The molecule has 0 saturated heterocycles. The molecule has 0 aliphatic carbocycles. The van der Waals surface area contributed by atoms with E-state index in [0.717, 1.165) is 0 Å². The Labute approximate surface area is 109 Å². The maximum atomic E-state index is 3.54. The summed E-state index contributed by atoms with van der Waals surface area (Å²) in [4.78, 5) is 1.55. The molecule has 0 aromatic carbocycles. The summed E-state index contributed by atoms with van der Waals surface area (Å²) in [5, 5.41) is 3.54. The molecule has 0 aliphatic heterocycles. The van der Waals surface area contributed by atoms with Crippen LogP contribution in [-0.4, -0.2) is 33.7 Å². The lowest BCUT2D eigenvalue weighted by molar-refractivity contribution is -0.858. The number of quaternary nitrogens is 1. The largest absolute Gasteiger partial charge is 0.340 e. The third kappa shape index (κ3) is 15.9. The first-order valence-electron chi connectivity index (χ1n) is 7.77. The molecule has 2 nitrogen and oxygen atoms in total. The van der Waals surface area contributed by atoms with Gasteiger partial charge in [0.15, 0.2) is 0 Å². The van der Waals surface area contributed by atoms with Crippen LogP contribution >= 0.6 is 0 Å². The second-order valence-corrected chi connectivity index (χ2v) is 5.54. The SMILES string of the molecule is CCCCCCCCCCNCCC[NH+](C)C. The minimum atomic E-state index is 1.20. The third-order valence-corrected chi connectivity index (χ3v) is 3.24. The first kappa shape index (κ1) is 16.9. The molecule has 104 valence electrons. The van der Waals surface area contributed by atoms with E-state index in [-0.39, 0.29) is 0 Å². The van der Waals surface area contributed by atoms with Crippen molar-refractivity contribution in [1.82, 2.24) is 5.32 Å². The van der Waals surface area contributed by atoms with Gasteiger partial charge < -0.3 is 10.2 Å². The zero-order valence-corrected chi connectivity index (χ0v) is 12.5. The molecule has 0 spiro atoms. The van der Waals surface area contributed by atoms with E-state index in [1.807, 2.05) is 0 Å². The summed E-state index contributed by atoms with van der Waals surface area (Å²) >= 11 is 0. The molecule has 17 heavy (non-hydrogen) atoms. The Bertz CT molecular complexity index is 135. The molecule has 2 N–H and O–H groups in total. The lowest BCUT2D eigenvalue weighted by Gasteiger charge is -2.07. The van der Waals surface area contributed by atoms with Crippen LogP contribution in [0, 0.1) is 0 Å². The van der Waals surface area contributed by atoms with E-state index >= 15 is 0 Å². The number of nitrogens with one attached hydrogen (secondary N) is 2. The first-order valence-corrected chi connectivity index (χ1v) is 7.77. The van der Waals surface area contributed by atoms with Crippen molar-refractivity contribution in [3.05, 3.63) is 0 Å². The molecule has 0 aliphatic rings. The van der Waals surface area contributed by atoms with Gasteiger partial charge in [-0.1, -0.05) is 51.9 Å². The molecule has 0 saturated carbocycles. The highest BCUT2D eigenvalue weighted by Gasteiger charge is 1.94. The maximum absolute atomic E-state index is 3.54. The quantitative estimate of drug-likeness (QED) is 0.474. The summed E-state index contributed by atoms with van der Waals surface area (Å²) < 4.78 is 0. The zero-order valence-electron chi connectivity index (χ0n) is 12.5. The van der Waals surface area contributed by atoms with Crippen LogP contribution in [0.1, 0.15) is 64.7 Å². The van der Waals surface area contributed by atoms with Crippen molar-refractivity contribution < 1.29 is 4.90 Å². The molecule has 0 aromatic rings. The van der Waals surface area contributed by atoms with Gasteiger partial charge >= 0.3 is 0 Å². The van der Waals surface area contributed by atoms with Crippen molar-refractivity contribution in [3.8, 4) is 0 Å². The highest BCUT2D eigenvalue weighted by molar-refractivity contribution is 4.50. The summed E-state index contributed by atoms with van der Waals surface area (Å²) in [7, 11) is 4.44. The third-order valence-electron chi connectivity index (χ3n) is 3.24. The van der Waals surface area contributed by atoms with Crippen LogP contribution in [0.5, 0.6) is 0 Å². The van der Waals surface area contributed by atoms with Crippen LogP contribution < -0.4 is 10.2 Å². The molecule has 0 fully saturated rings. The van der Waals surface area contributed by atoms with Gasteiger partial charge in [-0.05, 0) is 13.0 Å². The van der Waals surface area contributed by atoms with Gasteiger partial charge in [0.25, 0.3) is 0 Å². The highest BCUT2D eigenvalue weighted by atomic mass is 15.0. The molecule has 0 unspecified atom stereocenters. The summed E-state index contributed by atoms with van der Waals surface area (Å²) in [6, 6.07) is 0. The molecule has 0 rings (SSSR count). The molecule has 0 bridgehead atoms. The van der Waals surface area contributed by atoms with Crippen molar-refractivity contribution in [2.24, 2.45) is 0 Å². The van der Waals surface area contributed by atoms with Crippen LogP contribution in [0.15, 0.2) is 0 Å². The van der Waals surface area contributed by atoms with E-state index in [1.165, 1.54) is 77.4 Å². The monoisotopic (exact) mass is 243 g/mol. The van der Waals surface area contributed by atoms with Crippen molar-refractivity contribution in [2.75, 3.05) is 33.7 Å². The molecular formula is C15H35N2+. The fourth-order valence-corrected chi connectivity index (χ4v) is 2.08. The predicted molar refractivity (Wildman–Crippen MR) is 77.8 cm³/mol. The summed E-state index contributed by atoms with van der Waals surface area (Å²) in [5.74, 6) is 0. The Kier molecular flexibility index (Phi) is 13.9. The number of unbranched alkanes of at least 4 members (excludes halogenated alkanes) is 7. The average Bonchev–Trinajstić information content (AvgIpc) is 2.30. The Balaban J connectivity index is 2.89. The Morgan fingerprint density at radius 2 is 1.24 bits per heavy atom. The highest BCUT2D eigenvalue weighted by Crippen LogP contribution is 2.07. The van der Waals surface area contributed by atoms with Gasteiger partial charge in [-0.2, -0.15) is 0 Å².